The van der Waals surface area contributed by atoms with Crippen LogP contribution in [0.5, 0.6) is 0 Å². The summed E-state index contributed by atoms with van der Waals surface area (Å²) in [7, 11) is 0. The summed E-state index contributed by atoms with van der Waals surface area (Å²) in [5, 5.41) is 0.808. The molecule has 1 aliphatic heterocycles. The third-order valence-corrected chi connectivity index (χ3v) is 5.19. The van der Waals surface area contributed by atoms with Crippen LogP contribution in [0.4, 0.5) is 0 Å². The van der Waals surface area contributed by atoms with Crippen LogP contribution in [-0.2, 0) is 33.7 Å². The molecule has 0 bridgehead atoms. The molecule has 0 saturated heterocycles. The van der Waals surface area contributed by atoms with E-state index in [4.69, 9.17) is 27.9 Å². The summed E-state index contributed by atoms with van der Waals surface area (Å²) in [4.78, 5) is 26.6. The van der Waals surface area contributed by atoms with E-state index in [0.29, 0.717) is 28.7 Å². The van der Waals surface area contributed by atoms with E-state index in [-0.39, 0.29) is 12.3 Å². The maximum Gasteiger partial charge on any atom is 0.311 e. The van der Waals surface area contributed by atoms with Gasteiger partial charge in [0.2, 0.25) is 0 Å². The fraction of sp³-hybridized carbons (Fsp3) is 0.300. The van der Waals surface area contributed by atoms with Gasteiger partial charge in [-0.3, -0.25) is 9.59 Å². The Kier molecular flexibility index (Phi) is 5.84. The zero-order chi connectivity index (χ0) is 18.7. The molecular formula is C20H19Cl2NO3. The Morgan fingerprint density at radius 3 is 2.42 bits per heavy atom. The number of fused-ring (bicyclic) bond motifs is 1. The number of hydrogen-bond donors (Lipinski definition) is 0. The Bertz CT molecular complexity index is 817. The fourth-order valence-electron chi connectivity index (χ4n) is 3.08. The van der Waals surface area contributed by atoms with Crippen LogP contribution < -0.4 is 0 Å². The number of amides is 1. The summed E-state index contributed by atoms with van der Waals surface area (Å²) in [5.74, 6) is -0.726. The number of rotatable bonds is 4. The van der Waals surface area contributed by atoms with Gasteiger partial charge in [-0.25, -0.2) is 0 Å². The Morgan fingerprint density at radius 2 is 1.73 bits per heavy atom. The van der Waals surface area contributed by atoms with Crippen molar-refractivity contribution >= 4 is 35.1 Å². The van der Waals surface area contributed by atoms with Crippen molar-refractivity contribution in [3.05, 3.63) is 69.2 Å². The molecule has 0 aromatic heterocycles. The first-order chi connectivity index (χ1) is 12.5. The van der Waals surface area contributed by atoms with Crippen molar-refractivity contribution in [2.45, 2.75) is 32.4 Å². The van der Waals surface area contributed by atoms with Crippen molar-refractivity contribution < 1.29 is 14.3 Å². The van der Waals surface area contributed by atoms with Crippen LogP contribution in [-0.4, -0.2) is 29.4 Å². The van der Waals surface area contributed by atoms with Crippen molar-refractivity contribution in [2.75, 3.05) is 6.54 Å². The molecule has 6 heteroatoms. The van der Waals surface area contributed by atoms with Crippen LogP contribution >= 0.6 is 23.2 Å². The first-order valence-electron chi connectivity index (χ1n) is 8.43. The highest BCUT2D eigenvalue weighted by molar-refractivity contribution is 6.36. The van der Waals surface area contributed by atoms with Gasteiger partial charge >= 0.3 is 5.97 Å². The molecular weight excluding hydrogens is 373 g/mol. The van der Waals surface area contributed by atoms with E-state index in [1.807, 2.05) is 18.2 Å². The summed E-state index contributed by atoms with van der Waals surface area (Å²) in [5.41, 5.74) is 2.90. The van der Waals surface area contributed by atoms with E-state index < -0.39 is 12.1 Å². The van der Waals surface area contributed by atoms with Crippen LogP contribution in [0.25, 0.3) is 0 Å². The topological polar surface area (TPSA) is 46.6 Å². The first kappa shape index (κ1) is 18.7. The number of esters is 1. The Morgan fingerprint density at radius 1 is 1.08 bits per heavy atom. The summed E-state index contributed by atoms with van der Waals surface area (Å²) in [6.07, 6.45) is -0.120. The lowest BCUT2D eigenvalue weighted by Gasteiger charge is -2.30. The molecule has 0 saturated carbocycles. The van der Waals surface area contributed by atoms with Crippen molar-refractivity contribution in [3.63, 3.8) is 0 Å². The minimum Gasteiger partial charge on any atom is -0.452 e. The molecule has 4 nitrogen and oxygen atoms in total. The van der Waals surface area contributed by atoms with E-state index >= 15 is 0 Å². The van der Waals surface area contributed by atoms with Crippen LogP contribution in [0.15, 0.2) is 42.5 Å². The van der Waals surface area contributed by atoms with Gasteiger partial charge in [0.1, 0.15) is 0 Å². The average molecular weight is 392 g/mol. The summed E-state index contributed by atoms with van der Waals surface area (Å²) < 4.78 is 5.32. The quantitative estimate of drug-likeness (QED) is 0.738. The lowest BCUT2D eigenvalue weighted by Crippen LogP contribution is -2.42. The van der Waals surface area contributed by atoms with Gasteiger partial charge in [-0.05, 0) is 36.6 Å². The van der Waals surface area contributed by atoms with E-state index in [1.54, 1.807) is 30.0 Å². The molecule has 1 atom stereocenters. The van der Waals surface area contributed by atoms with E-state index in [1.165, 1.54) is 5.56 Å². The second-order valence-electron chi connectivity index (χ2n) is 6.29. The third-order valence-electron chi connectivity index (χ3n) is 4.48. The SMILES string of the molecule is C[C@H](OC(=O)Cc1c(Cl)cccc1Cl)C(=O)N1CCc2ccccc2C1. The number of benzene rings is 2. The monoisotopic (exact) mass is 391 g/mol. The largest absolute Gasteiger partial charge is 0.452 e. The van der Waals surface area contributed by atoms with E-state index in [0.717, 1.165) is 12.0 Å². The second-order valence-corrected chi connectivity index (χ2v) is 7.10. The van der Waals surface area contributed by atoms with Gasteiger partial charge in [-0.2, -0.15) is 0 Å². The molecule has 0 fully saturated rings. The third kappa shape index (κ3) is 4.19. The number of carbonyl (C=O) groups is 2. The molecule has 0 N–H and O–H groups in total. The van der Waals surface area contributed by atoms with Crippen LogP contribution in [0.3, 0.4) is 0 Å². The van der Waals surface area contributed by atoms with Gasteiger partial charge in [0, 0.05) is 28.7 Å². The van der Waals surface area contributed by atoms with Gasteiger partial charge in [0.15, 0.2) is 6.10 Å². The molecule has 3 rings (SSSR count). The van der Waals surface area contributed by atoms with Gasteiger partial charge in [-0.1, -0.05) is 53.5 Å². The molecule has 2 aromatic carbocycles. The van der Waals surface area contributed by atoms with Gasteiger partial charge in [-0.15, -0.1) is 0 Å². The first-order valence-corrected chi connectivity index (χ1v) is 9.19. The van der Waals surface area contributed by atoms with Crippen molar-refractivity contribution in [1.82, 2.24) is 4.90 Å². The number of halogens is 2. The zero-order valence-electron chi connectivity index (χ0n) is 14.4. The molecule has 0 unspecified atom stereocenters. The van der Waals surface area contributed by atoms with Crippen molar-refractivity contribution in [3.8, 4) is 0 Å². The maximum atomic E-state index is 12.6. The predicted molar refractivity (Wildman–Crippen MR) is 101 cm³/mol. The smallest absolute Gasteiger partial charge is 0.311 e. The van der Waals surface area contributed by atoms with Gasteiger partial charge in [0.25, 0.3) is 5.91 Å². The van der Waals surface area contributed by atoms with E-state index in [9.17, 15) is 9.59 Å². The van der Waals surface area contributed by atoms with Crippen molar-refractivity contribution in [2.24, 2.45) is 0 Å². The molecule has 1 aliphatic rings. The number of carbonyl (C=O) groups excluding carboxylic acids is 2. The Balaban J connectivity index is 1.60. The molecule has 1 amide bonds. The predicted octanol–water partition coefficient (Wildman–Crippen LogP) is 4.05. The Hall–Kier alpha value is -2.04. The maximum absolute atomic E-state index is 12.6. The molecule has 2 aromatic rings. The minimum atomic E-state index is -0.853. The normalized spacial score (nSPS) is 14.5. The Labute approximate surface area is 162 Å². The lowest BCUT2D eigenvalue weighted by atomic mass is 9.99. The zero-order valence-corrected chi connectivity index (χ0v) is 15.9. The number of hydrogen-bond acceptors (Lipinski definition) is 3. The highest BCUT2D eigenvalue weighted by atomic mass is 35.5. The molecule has 0 radical (unpaired) electrons. The lowest BCUT2D eigenvalue weighted by molar-refractivity contribution is -0.159. The number of nitrogens with zero attached hydrogens (tertiary/aromatic N) is 1. The number of ether oxygens (including phenoxy) is 1. The standard InChI is InChI=1S/C20H19Cl2NO3/c1-13(26-19(24)11-16-17(21)7-4-8-18(16)22)20(25)23-10-9-14-5-2-3-6-15(14)12-23/h2-8,13H,9-12H2,1H3/t13-/m0/s1. The average Bonchev–Trinajstić information content (AvgIpc) is 2.63. The minimum absolute atomic E-state index is 0.0705. The highest BCUT2D eigenvalue weighted by Gasteiger charge is 2.27. The van der Waals surface area contributed by atoms with E-state index in [2.05, 4.69) is 6.07 Å². The summed E-state index contributed by atoms with van der Waals surface area (Å²) in [6.45, 7) is 2.75. The highest BCUT2D eigenvalue weighted by Crippen LogP contribution is 2.25. The van der Waals surface area contributed by atoms with Crippen molar-refractivity contribution in [1.29, 1.82) is 0 Å². The molecule has 0 aliphatic carbocycles. The van der Waals surface area contributed by atoms with Crippen LogP contribution in [0, 0.1) is 0 Å². The summed E-state index contributed by atoms with van der Waals surface area (Å²) in [6, 6.07) is 13.1. The molecule has 136 valence electrons. The molecule has 1 heterocycles. The van der Waals surface area contributed by atoms with Crippen LogP contribution in [0.1, 0.15) is 23.6 Å². The second kappa shape index (κ2) is 8.11. The van der Waals surface area contributed by atoms with Crippen LogP contribution in [0.2, 0.25) is 10.0 Å². The molecule has 26 heavy (non-hydrogen) atoms. The molecule has 0 spiro atoms. The fourth-order valence-corrected chi connectivity index (χ4v) is 3.61. The van der Waals surface area contributed by atoms with Gasteiger partial charge in [0.05, 0.1) is 6.42 Å². The van der Waals surface area contributed by atoms with Gasteiger partial charge < -0.3 is 9.64 Å². The summed E-state index contributed by atoms with van der Waals surface area (Å²) >= 11 is 12.1.